The van der Waals surface area contributed by atoms with Crippen molar-refractivity contribution in [1.29, 1.82) is 0 Å². The molecule has 2 amide bonds. The molecule has 0 saturated carbocycles. The van der Waals surface area contributed by atoms with Crippen LogP contribution in [0.15, 0.2) is 112 Å². The Hall–Kier alpha value is -3.95. The number of anilines is 1. The van der Waals surface area contributed by atoms with E-state index in [-0.39, 0.29) is 23.8 Å². The molecule has 9 heteroatoms. The van der Waals surface area contributed by atoms with Crippen molar-refractivity contribution in [1.82, 2.24) is 10.2 Å². The summed E-state index contributed by atoms with van der Waals surface area (Å²) >= 11 is 3.51. The zero-order chi connectivity index (χ0) is 32.8. The molecule has 0 heterocycles. The number of rotatable bonds is 11. The number of carbonyl (C=O) groups is 2. The topological polar surface area (TPSA) is 86.8 Å². The molecule has 1 N–H and O–H groups in total. The number of nitrogens with zero attached hydrogens (tertiary/aromatic N) is 2. The van der Waals surface area contributed by atoms with Crippen LogP contribution in [0.4, 0.5) is 5.69 Å². The molecule has 0 fully saturated rings. The molecule has 7 nitrogen and oxygen atoms in total. The summed E-state index contributed by atoms with van der Waals surface area (Å²) in [4.78, 5) is 30.2. The third-order valence-electron chi connectivity index (χ3n) is 7.28. The maximum atomic E-state index is 14.6. The van der Waals surface area contributed by atoms with E-state index in [4.69, 9.17) is 0 Å². The lowest BCUT2D eigenvalue weighted by molar-refractivity contribution is -0.140. The first kappa shape index (κ1) is 33.9. The molecule has 4 aromatic carbocycles. The van der Waals surface area contributed by atoms with Gasteiger partial charge in [-0.3, -0.25) is 13.9 Å². The van der Waals surface area contributed by atoms with E-state index in [0.717, 1.165) is 25.5 Å². The van der Waals surface area contributed by atoms with Gasteiger partial charge in [-0.1, -0.05) is 94.3 Å². The number of hydrogen-bond acceptors (Lipinski definition) is 4. The van der Waals surface area contributed by atoms with Crippen molar-refractivity contribution in [3.8, 4) is 0 Å². The molecule has 0 aliphatic heterocycles. The molecule has 236 valence electrons. The zero-order valence-corrected chi connectivity index (χ0v) is 28.7. The van der Waals surface area contributed by atoms with Crippen LogP contribution in [0.1, 0.15) is 43.0 Å². The highest BCUT2D eigenvalue weighted by atomic mass is 79.9. The second kappa shape index (κ2) is 14.4. The number of amides is 2. The van der Waals surface area contributed by atoms with Crippen molar-refractivity contribution in [2.45, 2.75) is 64.1 Å². The Labute approximate surface area is 275 Å². The molecular formula is C36H40BrN3O4S. The van der Waals surface area contributed by atoms with Crippen LogP contribution < -0.4 is 9.62 Å². The van der Waals surface area contributed by atoms with Gasteiger partial charge in [-0.2, -0.15) is 0 Å². The van der Waals surface area contributed by atoms with Crippen LogP contribution in [0.2, 0.25) is 0 Å². The Morgan fingerprint density at radius 2 is 1.44 bits per heavy atom. The van der Waals surface area contributed by atoms with Crippen molar-refractivity contribution in [3.05, 3.63) is 130 Å². The highest BCUT2D eigenvalue weighted by Crippen LogP contribution is 2.28. The van der Waals surface area contributed by atoms with Gasteiger partial charge in [-0.05, 0) is 81.6 Å². The number of aryl methyl sites for hydroxylation is 2. The first-order valence-electron chi connectivity index (χ1n) is 14.8. The molecule has 1 unspecified atom stereocenters. The summed E-state index contributed by atoms with van der Waals surface area (Å²) in [5.74, 6) is -0.822. The fourth-order valence-electron chi connectivity index (χ4n) is 5.03. The first-order chi connectivity index (χ1) is 21.2. The van der Waals surface area contributed by atoms with Gasteiger partial charge in [0.25, 0.3) is 10.0 Å². The normalized spacial score (nSPS) is 12.3. The second-order valence-corrected chi connectivity index (χ2v) is 15.0. The predicted octanol–water partition coefficient (Wildman–Crippen LogP) is 6.82. The molecule has 1 atom stereocenters. The Bertz CT molecular complexity index is 1740. The summed E-state index contributed by atoms with van der Waals surface area (Å²) < 4.78 is 30.4. The minimum atomic E-state index is -4.16. The molecule has 0 aliphatic carbocycles. The summed E-state index contributed by atoms with van der Waals surface area (Å²) in [7, 11) is -4.16. The molecule has 0 radical (unpaired) electrons. The first-order valence-corrected chi connectivity index (χ1v) is 17.0. The fourth-order valence-corrected chi connectivity index (χ4v) is 6.96. The van der Waals surface area contributed by atoms with Gasteiger partial charge in [0.15, 0.2) is 0 Å². The van der Waals surface area contributed by atoms with Crippen LogP contribution >= 0.6 is 15.9 Å². The second-order valence-electron chi connectivity index (χ2n) is 12.2. The van der Waals surface area contributed by atoms with Gasteiger partial charge in [0.05, 0.1) is 10.6 Å². The third-order valence-corrected chi connectivity index (χ3v) is 9.55. The van der Waals surface area contributed by atoms with Crippen LogP contribution in [-0.2, 0) is 32.6 Å². The third kappa shape index (κ3) is 9.05. The molecule has 0 aliphatic rings. The number of carbonyl (C=O) groups excluding carboxylic acids is 2. The lowest BCUT2D eigenvalue weighted by Gasteiger charge is -2.35. The summed E-state index contributed by atoms with van der Waals surface area (Å²) in [5.41, 5.74) is 3.13. The number of benzene rings is 4. The van der Waals surface area contributed by atoms with Gasteiger partial charge in [-0.15, -0.1) is 0 Å². The smallest absolute Gasteiger partial charge is 0.264 e. The van der Waals surface area contributed by atoms with E-state index in [2.05, 4.69) is 21.2 Å². The minimum Gasteiger partial charge on any atom is -0.350 e. The van der Waals surface area contributed by atoms with E-state index in [1.54, 1.807) is 36.4 Å². The van der Waals surface area contributed by atoms with E-state index in [1.165, 1.54) is 4.90 Å². The number of hydrogen-bond donors (Lipinski definition) is 1. The zero-order valence-electron chi connectivity index (χ0n) is 26.3. The van der Waals surface area contributed by atoms with Crippen molar-refractivity contribution in [3.63, 3.8) is 0 Å². The highest BCUT2D eigenvalue weighted by molar-refractivity contribution is 9.10. The number of nitrogens with one attached hydrogen (secondary N) is 1. The summed E-state index contributed by atoms with van der Waals surface area (Å²) in [6.45, 7) is 8.96. The standard InChI is InChI=1S/C36H40BrN3O4S/c1-26-18-20-31(21-19-26)45(43,44)40(32-17-10-9-12-27(32)2)25-34(41)39(24-29-15-11-16-30(37)22-29)33(35(42)38-36(3,4)5)23-28-13-7-6-8-14-28/h6-22,33H,23-25H2,1-5H3,(H,38,42). The summed E-state index contributed by atoms with van der Waals surface area (Å²) in [6.07, 6.45) is 0.248. The molecule has 45 heavy (non-hydrogen) atoms. The summed E-state index contributed by atoms with van der Waals surface area (Å²) in [6, 6.07) is 29.8. The molecule has 4 rings (SSSR count). The van der Waals surface area contributed by atoms with E-state index < -0.39 is 34.1 Å². The number of para-hydroxylation sites is 1. The van der Waals surface area contributed by atoms with Crippen LogP contribution in [0, 0.1) is 13.8 Å². The fraction of sp³-hybridized carbons (Fsp3) is 0.278. The van der Waals surface area contributed by atoms with Gasteiger partial charge in [-0.25, -0.2) is 8.42 Å². The Kier molecular flexibility index (Phi) is 10.9. The van der Waals surface area contributed by atoms with Crippen LogP contribution in [-0.4, -0.2) is 43.3 Å². The van der Waals surface area contributed by atoms with Crippen LogP contribution in [0.5, 0.6) is 0 Å². The van der Waals surface area contributed by atoms with E-state index in [1.807, 2.05) is 101 Å². The van der Waals surface area contributed by atoms with E-state index in [9.17, 15) is 18.0 Å². The van der Waals surface area contributed by atoms with Gasteiger partial charge in [0, 0.05) is 23.0 Å². The number of halogens is 1. The van der Waals surface area contributed by atoms with Gasteiger partial charge in [0.1, 0.15) is 12.6 Å². The van der Waals surface area contributed by atoms with Crippen LogP contribution in [0.3, 0.4) is 0 Å². The maximum absolute atomic E-state index is 14.6. The molecule has 0 saturated heterocycles. The van der Waals surface area contributed by atoms with Gasteiger partial charge >= 0.3 is 0 Å². The van der Waals surface area contributed by atoms with Crippen molar-refractivity contribution >= 4 is 43.5 Å². The van der Waals surface area contributed by atoms with Gasteiger partial charge < -0.3 is 10.2 Å². The monoisotopic (exact) mass is 689 g/mol. The largest absolute Gasteiger partial charge is 0.350 e. The summed E-state index contributed by atoms with van der Waals surface area (Å²) in [5, 5.41) is 3.05. The Morgan fingerprint density at radius 1 is 0.822 bits per heavy atom. The minimum absolute atomic E-state index is 0.0778. The average Bonchev–Trinajstić information content (AvgIpc) is 2.98. The Balaban J connectivity index is 1.83. The van der Waals surface area contributed by atoms with Gasteiger partial charge in [0.2, 0.25) is 11.8 Å². The molecule has 4 aromatic rings. The molecule has 0 bridgehead atoms. The molecule has 0 aromatic heterocycles. The SMILES string of the molecule is Cc1ccc(S(=O)(=O)N(CC(=O)N(Cc2cccc(Br)c2)C(Cc2ccccc2)C(=O)NC(C)(C)C)c2ccccc2C)cc1. The number of sulfonamides is 1. The van der Waals surface area contributed by atoms with Crippen LogP contribution in [0.25, 0.3) is 0 Å². The van der Waals surface area contributed by atoms with E-state index >= 15 is 0 Å². The lowest BCUT2D eigenvalue weighted by atomic mass is 10.0. The molecular weight excluding hydrogens is 650 g/mol. The molecule has 0 spiro atoms. The Morgan fingerprint density at radius 3 is 2.07 bits per heavy atom. The lowest BCUT2D eigenvalue weighted by Crippen LogP contribution is -2.56. The maximum Gasteiger partial charge on any atom is 0.264 e. The van der Waals surface area contributed by atoms with Crippen molar-refractivity contribution in [2.75, 3.05) is 10.8 Å². The predicted molar refractivity (Wildman–Crippen MR) is 183 cm³/mol. The average molecular weight is 691 g/mol. The van der Waals surface area contributed by atoms with E-state index in [0.29, 0.717) is 11.3 Å². The quantitative estimate of drug-likeness (QED) is 0.187. The highest BCUT2D eigenvalue weighted by Gasteiger charge is 2.36. The van der Waals surface area contributed by atoms with Crippen molar-refractivity contribution in [2.24, 2.45) is 0 Å². The van der Waals surface area contributed by atoms with Crippen molar-refractivity contribution < 1.29 is 18.0 Å².